The number of nitrogens with zero attached hydrogens (tertiary/aromatic N) is 2. The van der Waals surface area contributed by atoms with Gasteiger partial charge in [-0.3, -0.25) is 0 Å². The van der Waals surface area contributed by atoms with E-state index >= 15 is 0 Å². The van der Waals surface area contributed by atoms with Crippen LogP contribution in [0, 0.1) is 0 Å². The summed E-state index contributed by atoms with van der Waals surface area (Å²) in [7, 11) is 1.73. The highest BCUT2D eigenvalue weighted by molar-refractivity contribution is 5.70. The van der Waals surface area contributed by atoms with E-state index in [0.717, 1.165) is 18.4 Å². The van der Waals surface area contributed by atoms with Crippen molar-refractivity contribution < 1.29 is 19.1 Å². The standard InChI is InChI=1S/C20H30N2O4/c1-15-17(21(5)18(23)26-20(2,3)4)12-9-13-22(15)19(24)25-14-16-10-7-6-8-11-16/h6-8,10-11,15,17H,9,12-14H2,1-5H3/t15-,17+/m1/s1. The Morgan fingerprint density at radius 2 is 1.88 bits per heavy atom. The molecule has 1 aromatic carbocycles. The first-order chi connectivity index (χ1) is 12.2. The summed E-state index contributed by atoms with van der Waals surface area (Å²) in [5, 5.41) is 0. The van der Waals surface area contributed by atoms with Crippen molar-refractivity contribution in [3.05, 3.63) is 35.9 Å². The van der Waals surface area contributed by atoms with E-state index in [0.29, 0.717) is 6.54 Å². The average molecular weight is 362 g/mol. The molecule has 0 unspecified atom stereocenters. The van der Waals surface area contributed by atoms with Crippen molar-refractivity contribution >= 4 is 12.2 Å². The van der Waals surface area contributed by atoms with Gasteiger partial charge in [0.1, 0.15) is 12.2 Å². The Hall–Kier alpha value is -2.24. The lowest BCUT2D eigenvalue weighted by atomic mass is 9.97. The molecule has 1 aromatic rings. The van der Waals surface area contributed by atoms with Crippen LogP contribution in [0.3, 0.4) is 0 Å². The fraction of sp³-hybridized carbons (Fsp3) is 0.600. The van der Waals surface area contributed by atoms with Crippen molar-refractivity contribution in [2.24, 2.45) is 0 Å². The van der Waals surface area contributed by atoms with Crippen molar-refractivity contribution in [3.63, 3.8) is 0 Å². The maximum absolute atomic E-state index is 12.5. The summed E-state index contributed by atoms with van der Waals surface area (Å²) in [6, 6.07) is 9.37. The average Bonchev–Trinajstić information content (AvgIpc) is 2.58. The zero-order valence-electron chi connectivity index (χ0n) is 16.4. The van der Waals surface area contributed by atoms with Crippen LogP contribution < -0.4 is 0 Å². The van der Waals surface area contributed by atoms with Gasteiger partial charge in [-0.25, -0.2) is 9.59 Å². The fourth-order valence-corrected chi connectivity index (χ4v) is 3.17. The van der Waals surface area contributed by atoms with Crippen molar-refractivity contribution in [1.29, 1.82) is 0 Å². The number of hydrogen-bond donors (Lipinski definition) is 0. The van der Waals surface area contributed by atoms with Gasteiger partial charge in [-0.15, -0.1) is 0 Å². The molecule has 2 rings (SSSR count). The van der Waals surface area contributed by atoms with Gasteiger partial charge >= 0.3 is 12.2 Å². The van der Waals surface area contributed by atoms with Gasteiger partial charge in [0.25, 0.3) is 0 Å². The molecule has 6 heteroatoms. The van der Waals surface area contributed by atoms with E-state index in [1.165, 1.54) is 0 Å². The van der Waals surface area contributed by atoms with E-state index < -0.39 is 5.60 Å². The summed E-state index contributed by atoms with van der Waals surface area (Å²) in [4.78, 5) is 28.2. The van der Waals surface area contributed by atoms with Crippen molar-refractivity contribution in [2.75, 3.05) is 13.6 Å². The molecule has 1 heterocycles. The molecule has 6 nitrogen and oxygen atoms in total. The number of hydrogen-bond acceptors (Lipinski definition) is 4. The first kappa shape index (κ1) is 20.1. The van der Waals surface area contributed by atoms with E-state index in [1.54, 1.807) is 16.8 Å². The topological polar surface area (TPSA) is 59.1 Å². The maximum atomic E-state index is 12.5. The summed E-state index contributed by atoms with van der Waals surface area (Å²) in [6.45, 7) is 8.36. The second kappa shape index (κ2) is 8.43. The summed E-state index contributed by atoms with van der Waals surface area (Å²) in [5.41, 5.74) is 0.408. The van der Waals surface area contributed by atoms with Crippen LogP contribution in [0.15, 0.2) is 30.3 Å². The number of ether oxygens (including phenoxy) is 2. The molecule has 0 N–H and O–H groups in total. The van der Waals surface area contributed by atoms with Gasteiger partial charge in [-0.1, -0.05) is 30.3 Å². The molecule has 0 aromatic heterocycles. The Bertz CT molecular complexity index is 612. The van der Waals surface area contributed by atoms with Crippen molar-refractivity contribution in [3.8, 4) is 0 Å². The van der Waals surface area contributed by atoms with Crippen LogP contribution in [-0.4, -0.2) is 53.3 Å². The number of likely N-dealkylation sites (N-methyl/N-ethyl adjacent to an activating group) is 1. The van der Waals surface area contributed by atoms with Crippen molar-refractivity contribution in [2.45, 2.75) is 64.8 Å². The number of amides is 2. The SMILES string of the molecule is C[C@@H]1[C@@H](N(C)C(=O)OC(C)(C)C)CCCN1C(=O)OCc1ccccc1. The van der Waals surface area contributed by atoms with Gasteiger partial charge in [0, 0.05) is 13.6 Å². The van der Waals surface area contributed by atoms with Crippen LogP contribution >= 0.6 is 0 Å². The summed E-state index contributed by atoms with van der Waals surface area (Å²) in [5.74, 6) is 0. The number of piperidine rings is 1. The highest BCUT2D eigenvalue weighted by atomic mass is 16.6. The summed E-state index contributed by atoms with van der Waals surface area (Å²) in [6.07, 6.45) is 0.944. The quantitative estimate of drug-likeness (QED) is 0.814. The molecule has 0 bridgehead atoms. The molecule has 0 aliphatic carbocycles. The first-order valence-electron chi connectivity index (χ1n) is 9.12. The third kappa shape index (κ3) is 5.38. The van der Waals surface area contributed by atoms with E-state index in [9.17, 15) is 9.59 Å². The van der Waals surface area contributed by atoms with Gasteiger partial charge in [0.05, 0.1) is 12.1 Å². The number of benzene rings is 1. The van der Waals surface area contributed by atoms with Gasteiger partial charge in [0.15, 0.2) is 0 Å². The molecular formula is C20H30N2O4. The highest BCUT2D eigenvalue weighted by Gasteiger charge is 2.37. The van der Waals surface area contributed by atoms with E-state index in [-0.39, 0.29) is 30.9 Å². The Morgan fingerprint density at radius 3 is 2.50 bits per heavy atom. The Labute approximate surface area is 156 Å². The molecule has 1 fully saturated rings. The van der Waals surface area contributed by atoms with Crippen LogP contribution in [0.4, 0.5) is 9.59 Å². The monoisotopic (exact) mass is 362 g/mol. The molecule has 1 aliphatic rings. The molecule has 2 atom stereocenters. The zero-order chi connectivity index (χ0) is 19.3. The maximum Gasteiger partial charge on any atom is 0.410 e. The summed E-state index contributed by atoms with van der Waals surface area (Å²) >= 11 is 0. The van der Waals surface area contributed by atoms with Crippen LogP contribution in [0.25, 0.3) is 0 Å². The van der Waals surface area contributed by atoms with Crippen molar-refractivity contribution in [1.82, 2.24) is 9.80 Å². The second-order valence-corrected chi connectivity index (χ2v) is 7.78. The van der Waals surface area contributed by atoms with E-state index in [1.807, 2.05) is 58.0 Å². The predicted molar refractivity (Wildman–Crippen MR) is 99.8 cm³/mol. The predicted octanol–water partition coefficient (Wildman–Crippen LogP) is 4.04. The van der Waals surface area contributed by atoms with Gasteiger partial charge in [-0.2, -0.15) is 0 Å². The lowest BCUT2D eigenvalue weighted by Crippen LogP contribution is -2.56. The molecular weight excluding hydrogens is 332 g/mol. The van der Waals surface area contributed by atoms with Crippen LogP contribution in [-0.2, 0) is 16.1 Å². The molecule has 1 aliphatic heterocycles. The smallest absolute Gasteiger partial charge is 0.410 e. The van der Waals surface area contributed by atoms with Gasteiger partial charge in [-0.05, 0) is 46.1 Å². The zero-order valence-corrected chi connectivity index (χ0v) is 16.4. The molecule has 0 radical (unpaired) electrons. The third-order valence-corrected chi connectivity index (χ3v) is 4.57. The Morgan fingerprint density at radius 1 is 1.23 bits per heavy atom. The number of carbonyl (C=O) groups is 2. The minimum atomic E-state index is -0.544. The van der Waals surface area contributed by atoms with Crippen LogP contribution in [0.1, 0.15) is 46.1 Å². The number of likely N-dealkylation sites (tertiary alicyclic amines) is 1. The molecule has 0 spiro atoms. The highest BCUT2D eigenvalue weighted by Crippen LogP contribution is 2.24. The third-order valence-electron chi connectivity index (χ3n) is 4.57. The fourth-order valence-electron chi connectivity index (χ4n) is 3.17. The lowest BCUT2D eigenvalue weighted by molar-refractivity contribution is -0.0000129. The number of carbonyl (C=O) groups excluding carboxylic acids is 2. The molecule has 0 saturated carbocycles. The van der Waals surface area contributed by atoms with Gasteiger partial charge in [0.2, 0.25) is 0 Å². The second-order valence-electron chi connectivity index (χ2n) is 7.78. The first-order valence-corrected chi connectivity index (χ1v) is 9.12. The normalized spacial score (nSPS) is 20.4. The Kier molecular flexibility index (Phi) is 6.51. The number of rotatable bonds is 3. The Balaban J connectivity index is 1.96. The largest absolute Gasteiger partial charge is 0.445 e. The van der Waals surface area contributed by atoms with Crippen LogP contribution in [0.2, 0.25) is 0 Å². The van der Waals surface area contributed by atoms with E-state index in [4.69, 9.17) is 9.47 Å². The molecule has 2 amide bonds. The molecule has 144 valence electrons. The molecule has 26 heavy (non-hydrogen) atoms. The van der Waals surface area contributed by atoms with Crippen LogP contribution in [0.5, 0.6) is 0 Å². The summed E-state index contributed by atoms with van der Waals surface area (Å²) < 4.78 is 10.9. The lowest BCUT2D eigenvalue weighted by Gasteiger charge is -2.42. The molecule has 1 saturated heterocycles. The van der Waals surface area contributed by atoms with Gasteiger partial charge < -0.3 is 19.3 Å². The minimum absolute atomic E-state index is 0.0946. The van der Waals surface area contributed by atoms with E-state index in [2.05, 4.69) is 0 Å². The minimum Gasteiger partial charge on any atom is -0.445 e.